The Hall–Kier alpha value is -0.770. The average molecular weight is 443 g/mol. The highest BCUT2D eigenvalue weighted by Crippen LogP contribution is 2.78. The number of halogens is 1. The van der Waals surface area contributed by atoms with E-state index < -0.39 is 0 Å². The quantitative estimate of drug-likeness (QED) is 0.330. The molecule has 4 bridgehead atoms. The van der Waals surface area contributed by atoms with E-state index in [-0.39, 0.29) is 16.2 Å². The second-order valence-electron chi connectivity index (χ2n) is 10.8. The topological polar surface area (TPSA) is 38.4 Å². The fourth-order valence-electron chi connectivity index (χ4n) is 8.05. The van der Waals surface area contributed by atoms with Crippen LogP contribution in [-0.2, 0) is 5.41 Å². The van der Waals surface area contributed by atoms with Gasteiger partial charge in [-0.25, -0.2) is 0 Å². The Bertz CT molecular complexity index is 827. The number of aliphatic imine (C=N–C) groups is 1. The van der Waals surface area contributed by atoms with Crippen molar-refractivity contribution in [3.05, 3.63) is 35.9 Å². The second-order valence-corrected chi connectivity index (χ2v) is 11.5. The zero-order chi connectivity index (χ0) is 21.0. The molecular weight excluding hydrogens is 408 g/mol. The highest BCUT2D eigenvalue weighted by Gasteiger charge is 2.73. The van der Waals surface area contributed by atoms with E-state index >= 15 is 0 Å². The average Bonchev–Trinajstić information content (AvgIpc) is 3.14. The summed E-state index contributed by atoms with van der Waals surface area (Å²) in [7, 11) is 0. The third kappa shape index (κ3) is 2.98. The molecule has 5 aliphatic carbocycles. The molecular formula is C26H35ClN2S. The van der Waals surface area contributed by atoms with Crippen molar-refractivity contribution in [1.29, 1.82) is 0 Å². The van der Waals surface area contributed by atoms with Gasteiger partial charge in [-0.3, -0.25) is 4.99 Å². The zero-order valence-corrected chi connectivity index (χ0v) is 19.7. The van der Waals surface area contributed by atoms with Crippen LogP contribution >= 0.6 is 23.8 Å². The summed E-state index contributed by atoms with van der Waals surface area (Å²) in [5.41, 5.74) is 8.14. The minimum atomic E-state index is 0.0561. The summed E-state index contributed by atoms with van der Waals surface area (Å²) in [6, 6.07) is 11.6. The van der Waals surface area contributed by atoms with E-state index in [0.29, 0.717) is 23.8 Å². The lowest BCUT2D eigenvalue weighted by Gasteiger charge is -2.48. The van der Waals surface area contributed by atoms with Crippen LogP contribution in [0.4, 0.5) is 0 Å². The van der Waals surface area contributed by atoms with Crippen LogP contribution in [0.3, 0.4) is 0 Å². The lowest BCUT2D eigenvalue weighted by molar-refractivity contribution is 0.0711. The molecule has 6 rings (SSSR count). The van der Waals surface area contributed by atoms with Crippen LogP contribution in [0, 0.1) is 28.6 Å². The molecule has 0 radical (unpaired) electrons. The van der Waals surface area contributed by atoms with E-state index in [4.69, 9.17) is 34.5 Å². The standard InChI is InChI=1S/C26H35ClN2S/c1-2-25(17-27)20-12-24(19-6-4-3-5-7-19)14-22(25)26(13-20,16-24)23(30)29-15-18-8-10-21(28)11-9-18/h3-7,15,18,20-22H,2,8-14,16-17,28H2,1H3/b29-15+/t18?,20-,21?,22?,24?,25?,26?/m1/s1. The van der Waals surface area contributed by atoms with Crippen LogP contribution in [-0.4, -0.2) is 23.1 Å². The van der Waals surface area contributed by atoms with Crippen molar-refractivity contribution in [2.24, 2.45) is 39.3 Å². The van der Waals surface area contributed by atoms with Gasteiger partial charge in [-0.15, -0.1) is 11.6 Å². The van der Waals surface area contributed by atoms with Crippen LogP contribution in [0.5, 0.6) is 0 Å². The molecule has 30 heavy (non-hydrogen) atoms. The molecule has 2 nitrogen and oxygen atoms in total. The highest BCUT2D eigenvalue weighted by molar-refractivity contribution is 7.80. The Morgan fingerprint density at radius 1 is 1.17 bits per heavy atom. The predicted molar refractivity (Wildman–Crippen MR) is 130 cm³/mol. The molecule has 4 unspecified atom stereocenters. The third-order valence-electron chi connectivity index (χ3n) is 9.61. The summed E-state index contributed by atoms with van der Waals surface area (Å²) < 4.78 is 0. The Balaban J connectivity index is 1.47. The molecule has 4 heteroatoms. The van der Waals surface area contributed by atoms with Crippen LogP contribution in [0.1, 0.15) is 70.3 Å². The number of nitrogens with zero attached hydrogens (tertiary/aromatic N) is 1. The molecule has 1 aromatic rings. The van der Waals surface area contributed by atoms with Crippen molar-refractivity contribution < 1.29 is 0 Å². The second kappa shape index (κ2) is 7.67. The van der Waals surface area contributed by atoms with Gasteiger partial charge in [0.15, 0.2) is 0 Å². The predicted octanol–water partition coefficient (Wildman–Crippen LogP) is 6.30. The first kappa shape index (κ1) is 21.1. The van der Waals surface area contributed by atoms with E-state index in [2.05, 4.69) is 43.5 Å². The lowest BCUT2D eigenvalue weighted by Crippen LogP contribution is -2.43. The summed E-state index contributed by atoms with van der Waals surface area (Å²) in [6.07, 6.45) is 12.7. The van der Waals surface area contributed by atoms with Gasteiger partial charge in [0.1, 0.15) is 4.99 Å². The number of alkyl halides is 1. The molecule has 162 valence electrons. The van der Waals surface area contributed by atoms with E-state index in [9.17, 15) is 0 Å². The fourth-order valence-corrected chi connectivity index (χ4v) is 9.00. The van der Waals surface area contributed by atoms with Gasteiger partial charge in [0, 0.05) is 23.6 Å². The molecule has 0 heterocycles. The smallest absolute Gasteiger partial charge is 0.109 e. The first-order valence-corrected chi connectivity index (χ1v) is 12.9. The van der Waals surface area contributed by atoms with Gasteiger partial charge in [-0.2, -0.15) is 0 Å². The Kier molecular flexibility index (Phi) is 5.40. The zero-order valence-electron chi connectivity index (χ0n) is 18.2. The highest BCUT2D eigenvalue weighted by atomic mass is 35.5. The Labute approximate surface area is 192 Å². The van der Waals surface area contributed by atoms with Crippen molar-refractivity contribution in [2.45, 2.75) is 76.2 Å². The van der Waals surface area contributed by atoms with E-state index in [0.717, 1.165) is 49.4 Å². The molecule has 5 saturated carbocycles. The minimum absolute atomic E-state index is 0.0561. The maximum absolute atomic E-state index is 6.73. The van der Waals surface area contributed by atoms with Gasteiger partial charge in [0.2, 0.25) is 0 Å². The van der Waals surface area contributed by atoms with Crippen molar-refractivity contribution >= 4 is 35.0 Å². The first-order valence-electron chi connectivity index (χ1n) is 11.9. The van der Waals surface area contributed by atoms with Crippen molar-refractivity contribution in [2.75, 3.05) is 5.88 Å². The van der Waals surface area contributed by atoms with Gasteiger partial charge in [0.05, 0.1) is 0 Å². The number of rotatable bonds is 5. The molecule has 5 atom stereocenters. The van der Waals surface area contributed by atoms with Crippen molar-refractivity contribution in [3.8, 4) is 0 Å². The normalized spacial score (nSPS) is 44.8. The largest absolute Gasteiger partial charge is 0.328 e. The van der Waals surface area contributed by atoms with Crippen LogP contribution in [0.15, 0.2) is 35.3 Å². The SMILES string of the molecule is CCC1(CCl)C2CC3(c4ccccc4)C[C@@H]1CC2(C(=S)/N=C/C1CCC(N)CC1)C3. The minimum Gasteiger partial charge on any atom is -0.328 e. The van der Waals surface area contributed by atoms with Gasteiger partial charge in [-0.1, -0.05) is 49.5 Å². The number of benzene rings is 1. The maximum atomic E-state index is 6.73. The Morgan fingerprint density at radius 2 is 1.90 bits per heavy atom. The van der Waals surface area contributed by atoms with E-state index in [1.165, 1.54) is 24.8 Å². The maximum Gasteiger partial charge on any atom is 0.109 e. The number of hydrogen-bond donors (Lipinski definition) is 1. The van der Waals surface area contributed by atoms with Gasteiger partial charge in [0.25, 0.3) is 0 Å². The van der Waals surface area contributed by atoms with Crippen molar-refractivity contribution in [1.82, 2.24) is 0 Å². The molecule has 0 amide bonds. The summed E-state index contributed by atoms with van der Waals surface area (Å²) in [6.45, 7) is 2.34. The molecule has 2 N–H and O–H groups in total. The number of hydrogen-bond acceptors (Lipinski definition) is 2. The molecule has 0 saturated heterocycles. The third-order valence-corrected chi connectivity index (χ3v) is 10.6. The molecule has 1 aromatic carbocycles. The molecule has 0 spiro atoms. The van der Waals surface area contributed by atoms with E-state index in [1.54, 1.807) is 0 Å². The molecule has 0 aromatic heterocycles. The Morgan fingerprint density at radius 3 is 2.57 bits per heavy atom. The van der Waals surface area contributed by atoms with Crippen LogP contribution < -0.4 is 5.73 Å². The monoisotopic (exact) mass is 442 g/mol. The molecule has 0 aliphatic heterocycles. The first-order chi connectivity index (χ1) is 14.5. The van der Waals surface area contributed by atoms with Gasteiger partial charge >= 0.3 is 0 Å². The van der Waals surface area contributed by atoms with Gasteiger partial charge in [-0.05, 0) is 91.9 Å². The van der Waals surface area contributed by atoms with Crippen LogP contribution in [0.25, 0.3) is 0 Å². The fraction of sp³-hybridized carbons (Fsp3) is 0.692. The molecule has 5 aliphatic rings. The molecule has 5 fully saturated rings. The van der Waals surface area contributed by atoms with Gasteiger partial charge < -0.3 is 5.73 Å². The number of thiocarbonyl (C=S) groups is 1. The lowest BCUT2D eigenvalue weighted by atomic mass is 9.57. The summed E-state index contributed by atoms with van der Waals surface area (Å²) in [5.74, 6) is 2.53. The summed E-state index contributed by atoms with van der Waals surface area (Å²) in [5, 5.41) is 0. The van der Waals surface area contributed by atoms with Crippen molar-refractivity contribution in [3.63, 3.8) is 0 Å². The number of nitrogens with two attached hydrogens (primary N) is 1. The van der Waals surface area contributed by atoms with Crippen LogP contribution in [0.2, 0.25) is 0 Å². The summed E-state index contributed by atoms with van der Waals surface area (Å²) in [4.78, 5) is 6.00. The summed E-state index contributed by atoms with van der Waals surface area (Å²) >= 11 is 12.9. The van der Waals surface area contributed by atoms with E-state index in [1.807, 2.05) is 0 Å².